The van der Waals surface area contributed by atoms with Crippen LogP contribution in [-0.4, -0.2) is 46.1 Å². The predicted molar refractivity (Wildman–Crippen MR) is 96.9 cm³/mol. The highest BCUT2D eigenvalue weighted by atomic mass is 32.2. The minimum absolute atomic E-state index is 0.0319. The first kappa shape index (κ1) is 21.0. The second-order valence-corrected chi connectivity index (χ2v) is 6.97. The Morgan fingerprint density at radius 2 is 1.72 bits per heavy atom. The fourth-order valence-corrected chi connectivity index (χ4v) is 3.10. The number of benzene rings is 1. The van der Waals surface area contributed by atoms with E-state index in [4.69, 9.17) is 4.74 Å². The van der Waals surface area contributed by atoms with Crippen molar-refractivity contribution < 1.29 is 19.2 Å². The summed E-state index contributed by atoms with van der Waals surface area (Å²) in [7, 11) is 0. The molecule has 1 atom stereocenters. The molecule has 0 heterocycles. The van der Waals surface area contributed by atoms with Gasteiger partial charge in [-0.25, -0.2) is 4.79 Å². The van der Waals surface area contributed by atoms with E-state index in [9.17, 15) is 19.7 Å². The lowest BCUT2D eigenvalue weighted by atomic mass is 10.2. The van der Waals surface area contributed by atoms with Crippen LogP contribution in [-0.2, 0) is 9.53 Å². The smallest absolute Gasteiger partial charge is 0.339 e. The Hall–Kier alpha value is -2.09. The van der Waals surface area contributed by atoms with Gasteiger partial charge in [0.15, 0.2) is 6.10 Å². The van der Waals surface area contributed by atoms with Crippen LogP contribution in [0.25, 0.3) is 0 Å². The van der Waals surface area contributed by atoms with Crippen LogP contribution >= 0.6 is 11.8 Å². The molecule has 1 aromatic carbocycles. The number of ether oxygens (including phenoxy) is 1. The lowest BCUT2D eigenvalue weighted by Crippen LogP contribution is -2.47. The molecule has 0 saturated heterocycles. The first-order chi connectivity index (χ1) is 11.6. The van der Waals surface area contributed by atoms with Crippen LogP contribution in [0.5, 0.6) is 0 Å². The van der Waals surface area contributed by atoms with Gasteiger partial charge in [0.2, 0.25) is 0 Å². The number of nitro benzene ring substituents is 1. The van der Waals surface area contributed by atoms with Gasteiger partial charge in [-0.2, -0.15) is 0 Å². The number of esters is 1. The van der Waals surface area contributed by atoms with E-state index in [1.54, 1.807) is 11.2 Å². The van der Waals surface area contributed by atoms with Crippen molar-refractivity contribution in [1.82, 2.24) is 4.90 Å². The number of thioether (sulfide) groups is 1. The minimum atomic E-state index is -0.975. The first-order valence-corrected chi connectivity index (χ1v) is 9.18. The van der Waals surface area contributed by atoms with E-state index in [1.807, 2.05) is 27.7 Å². The highest BCUT2D eigenvalue weighted by molar-refractivity contribution is 7.98. The van der Waals surface area contributed by atoms with E-state index >= 15 is 0 Å². The molecule has 1 aromatic rings. The molecule has 8 heteroatoms. The van der Waals surface area contributed by atoms with Crippen LogP contribution in [0, 0.1) is 10.1 Å². The summed E-state index contributed by atoms with van der Waals surface area (Å²) >= 11 is 1.22. The molecule has 0 bridgehead atoms. The van der Waals surface area contributed by atoms with Crippen LogP contribution in [0.15, 0.2) is 23.1 Å². The lowest BCUT2D eigenvalue weighted by Gasteiger charge is -2.32. The lowest BCUT2D eigenvalue weighted by molar-refractivity contribution is -0.387. The third kappa shape index (κ3) is 5.19. The summed E-state index contributed by atoms with van der Waals surface area (Å²) < 4.78 is 5.23. The Kier molecular flexibility index (Phi) is 7.41. The number of nitrogens with zero attached hydrogens (tertiary/aromatic N) is 2. The molecule has 0 aliphatic carbocycles. The Morgan fingerprint density at radius 3 is 2.16 bits per heavy atom. The Labute approximate surface area is 151 Å². The summed E-state index contributed by atoms with van der Waals surface area (Å²) in [5.74, 6) is -1.06. The van der Waals surface area contributed by atoms with Gasteiger partial charge < -0.3 is 9.64 Å². The summed E-state index contributed by atoms with van der Waals surface area (Å²) in [6, 6.07) is 4.07. The van der Waals surface area contributed by atoms with E-state index in [-0.39, 0.29) is 29.2 Å². The van der Waals surface area contributed by atoms with Crippen molar-refractivity contribution in [1.29, 1.82) is 0 Å². The Balaban J connectivity index is 2.97. The molecule has 0 aliphatic heterocycles. The second-order valence-electron chi connectivity index (χ2n) is 6.12. The molecule has 7 nitrogen and oxygen atoms in total. The van der Waals surface area contributed by atoms with Crippen LogP contribution in [0.1, 0.15) is 45.0 Å². The quantitative estimate of drug-likeness (QED) is 0.317. The number of hydrogen-bond donors (Lipinski definition) is 0. The van der Waals surface area contributed by atoms with Gasteiger partial charge in [-0.1, -0.05) is 0 Å². The SMILES string of the molecule is CSc1ccc(C(=O)O[C@H](C)C(=O)N(C(C)C)C(C)C)cc1[N+](=O)[O-]. The van der Waals surface area contributed by atoms with Crippen molar-refractivity contribution in [3.05, 3.63) is 33.9 Å². The highest BCUT2D eigenvalue weighted by Gasteiger charge is 2.28. The number of hydrogen-bond acceptors (Lipinski definition) is 6. The number of nitro groups is 1. The minimum Gasteiger partial charge on any atom is -0.449 e. The van der Waals surface area contributed by atoms with Gasteiger partial charge in [-0.05, 0) is 53.0 Å². The van der Waals surface area contributed by atoms with Crippen molar-refractivity contribution in [2.45, 2.75) is 57.7 Å². The maximum absolute atomic E-state index is 12.5. The molecule has 0 aliphatic rings. The van der Waals surface area contributed by atoms with Crippen LogP contribution < -0.4 is 0 Å². The third-order valence-electron chi connectivity index (χ3n) is 3.61. The largest absolute Gasteiger partial charge is 0.449 e. The van der Waals surface area contributed by atoms with Crippen molar-refractivity contribution in [3.63, 3.8) is 0 Å². The molecule has 0 aromatic heterocycles. The summed E-state index contributed by atoms with van der Waals surface area (Å²) in [5, 5.41) is 11.1. The van der Waals surface area contributed by atoms with E-state index < -0.39 is 17.0 Å². The molecule has 0 N–H and O–H groups in total. The Morgan fingerprint density at radius 1 is 1.16 bits per heavy atom. The monoisotopic (exact) mass is 368 g/mol. The molecule has 0 radical (unpaired) electrons. The van der Waals surface area contributed by atoms with E-state index in [0.29, 0.717) is 4.90 Å². The summed E-state index contributed by atoms with van der Waals surface area (Å²) in [5.41, 5.74) is -0.114. The van der Waals surface area contributed by atoms with Crippen molar-refractivity contribution in [3.8, 4) is 0 Å². The molecule has 0 spiro atoms. The predicted octanol–water partition coefficient (Wildman–Crippen LogP) is 3.51. The van der Waals surface area contributed by atoms with Crippen molar-refractivity contribution in [2.75, 3.05) is 6.26 Å². The second kappa shape index (κ2) is 8.84. The fraction of sp³-hybridized carbons (Fsp3) is 0.529. The number of carbonyl (C=O) groups excluding carboxylic acids is 2. The Bertz CT molecular complexity index is 652. The standard InChI is InChI=1S/C17H24N2O5S/c1-10(2)18(11(3)4)16(20)12(5)24-17(21)13-7-8-15(25-6)14(9-13)19(22)23/h7-12H,1-6H3/t12-/m1/s1. The molecule has 0 saturated carbocycles. The molecular weight excluding hydrogens is 344 g/mol. The zero-order valence-electron chi connectivity index (χ0n) is 15.3. The third-order valence-corrected chi connectivity index (χ3v) is 4.40. The number of rotatable bonds is 7. The van der Waals surface area contributed by atoms with Gasteiger partial charge in [0.05, 0.1) is 15.4 Å². The maximum Gasteiger partial charge on any atom is 0.339 e. The summed E-state index contributed by atoms with van der Waals surface area (Å²) in [4.78, 5) is 37.4. The zero-order chi connectivity index (χ0) is 19.3. The first-order valence-electron chi connectivity index (χ1n) is 7.95. The van der Waals surface area contributed by atoms with Crippen molar-refractivity contribution >= 4 is 29.3 Å². The van der Waals surface area contributed by atoms with Gasteiger partial charge in [0.25, 0.3) is 11.6 Å². The molecular formula is C17H24N2O5S. The van der Waals surface area contributed by atoms with Gasteiger partial charge in [0, 0.05) is 18.2 Å². The fourth-order valence-electron chi connectivity index (χ4n) is 2.55. The summed E-state index contributed by atoms with van der Waals surface area (Å²) in [6.45, 7) is 9.05. The van der Waals surface area contributed by atoms with Crippen LogP contribution in [0.4, 0.5) is 5.69 Å². The maximum atomic E-state index is 12.5. The van der Waals surface area contributed by atoms with E-state index in [2.05, 4.69) is 0 Å². The average Bonchev–Trinajstić information content (AvgIpc) is 2.53. The zero-order valence-corrected chi connectivity index (χ0v) is 16.1. The molecule has 0 unspecified atom stereocenters. The van der Waals surface area contributed by atoms with Gasteiger partial charge >= 0.3 is 5.97 Å². The van der Waals surface area contributed by atoms with Crippen LogP contribution in [0.3, 0.4) is 0 Å². The molecule has 138 valence electrons. The highest BCUT2D eigenvalue weighted by Crippen LogP contribution is 2.28. The molecule has 1 amide bonds. The van der Waals surface area contributed by atoms with Crippen LogP contribution in [0.2, 0.25) is 0 Å². The average molecular weight is 368 g/mol. The van der Waals surface area contributed by atoms with Gasteiger partial charge in [-0.3, -0.25) is 14.9 Å². The molecule has 0 fully saturated rings. The van der Waals surface area contributed by atoms with Gasteiger partial charge in [0.1, 0.15) is 0 Å². The molecule has 1 rings (SSSR count). The van der Waals surface area contributed by atoms with Crippen molar-refractivity contribution in [2.24, 2.45) is 0 Å². The topological polar surface area (TPSA) is 89.8 Å². The van der Waals surface area contributed by atoms with E-state index in [1.165, 1.54) is 36.9 Å². The van der Waals surface area contributed by atoms with Gasteiger partial charge in [-0.15, -0.1) is 11.8 Å². The number of amides is 1. The normalized spacial score (nSPS) is 12.2. The number of carbonyl (C=O) groups is 2. The summed E-state index contributed by atoms with van der Waals surface area (Å²) in [6.07, 6.45) is 0.740. The van der Waals surface area contributed by atoms with E-state index in [0.717, 1.165) is 0 Å². The molecule has 25 heavy (non-hydrogen) atoms.